The maximum atomic E-state index is 4.39. The van der Waals surface area contributed by atoms with Crippen molar-refractivity contribution in [3.8, 4) is 11.1 Å². The van der Waals surface area contributed by atoms with Gasteiger partial charge in [0, 0.05) is 11.9 Å². The number of hydrogen-bond acceptors (Lipinski definition) is 1. The van der Waals surface area contributed by atoms with Gasteiger partial charge in [-0.3, -0.25) is 0 Å². The van der Waals surface area contributed by atoms with Crippen molar-refractivity contribution < 1.29 is 0 Å². The Morgan fingerprint density at radius 2 is 1.73 bits per heavy atom. The van der Waals surface area contributed by atoms with Crippen molar-refractivity contribution in [2.24, 2.45) is 0 Å². The predicted molar refractivity (Wildman–Crippen MR) is 89.8 cm³/mol. The summed E-state index contributed by atoms with van der Waals surface area (Å²) in [5, 5.41) is 0. The minimum Gasteiger partial charge on any atom is -0.327 e. The first-order chi connectivity index (χ1) is 10.9. The van der Waals surface area contributed by atoms with Crippen LogP contribution in [0.2, 0.25) is 0 Å². The normalized spacial score (nSPS) is 17.7. The molecule has 22 heavy (non-hydrogen) atoms. The van der Waals surface area contributed by atoms with Crippen LogP contribution in [0.4, 0.5) is 0 Å². The van der Waals surface area contributed by atoms with Crippen LogP contribution in [0, 0.1) is 0 Å². The van der Waals surface area contributed by atoms with Crippen LogP contribution in [0.15, 0.2) is 67.1 Å². The summed E-state index contributed by atoms with van der Waals surface area (Å²) in [5.41, 5.74) is 5.42. The van der Waals surface area contributed by atoms with Gasteiger partial charge in [-0.1, -0.05) is 61.0 Å². The lowest BCUT2D eigenvalue weighted by Crippen LogP contribution is -2.11. The fraction of sp³-hybridized carbons (Fsp3) is 0.250. The van der Waals surface area contributed by atoms with Gasteiger partial charge in [0.2, 0.25) is 0 Å². The average molecular weight is 288 g/mol. The molecular weight excluding hydrogens is 268 g/mol. The Labute approximate surface area is 131 Å². The SMILES string of the molecule is c1ccc(-c2ccccc2[C@H]2CCCCc3cncn32)cc1. The van der Waals surface area contributed by atoms with Crippen LogP contribution in [0.1, 0.15) is 36.6 Å². The summed E-state index contributed by atoms with van der Waals surface area (Å²) in [6.45, 7) is 0. The Morgan fingerprint density at radius 3 is 2.64 bits per heavy atom. The number of aromatic nitrogens is 2. The molecule has 0 saturated heterocycles. The number of fused-ring (bicyclic) bond motifs is 1. The van der Waals surface area contributed by atoms with E-state index in [0.29, 0.717) is 6.04 Å². The fourth-order valence-electron chi connectivity index (χ4n) is 3.56. The molecule has 0 unspecified atom stereocenters. The largest absolute Gasteiger partial charge is 0.327 e. The van der Waals surface area contributed by atoms with Gasteiger partial charge in [0.25, 0.3) is 0 Å². The van der Waals surface area contributed by atoms with Crippen LogP contribution in [0.25, 0.3) is 11.1 Å². The molecule has 3 aromatic rings. The number of aryl methyl sites for hydroxylation is 1. The van der Waals surface area contributed by atoms with Crippen molar-refractivity contribution in [2.45, 2.75) is 31.7 Å². The van der Waals surface area contributed by atoms with Gasteiger partial charge < -0.3 is 4.57 Å². The molecule has 110 valence electrons. The Balaban J connectivity index is 1.84. The third-order valence-electron chi connectivity index (χ3n) is 4.65. The van der Waals surface area contributed by atoms with E-state index in [0.717, 1.165) is 6.42 Å². The van der Waals surface area contributed by atoms with Crippen molar-refractivity contribution >= 4 is 0 Å². The van der Waals surface area contributed by atoms with E-state index in [-0.39, 0.29) is 0 Å². The highest BCUT2D eigenvalue weighted by molar-refractivity contribution is 5.68. The molecule has 0 amide bonds. The second kappa shape index (κ2) is 5.80. The van der Waals surface area contributed by atoms with E-state index in [9.17, 15) is 0 Å². The molecule has 2 heteroatoms. The third-order valence-corrected chi connectivity index (χ3v) is 4.65. The second-order valence-electron chi connectivity index (χ2n) is 6.01. The lowest BCUT2D eigenvalue weighted by atomic mass is 9.92. The summed E-state index contributed by atoms with van der Waals surface area (Å²) in [6.07, 6.45) is 8.90. The van der Waals surface area contributed by atoms with E-state index in [2.05, 4.69) is 64.1 Å². The first-order valence-corrected chi connectivity index (χ1v) is 8.08. The lowest BCUT2D eigenvalue weighted by Gasteiger charge is -2.22. The molecule has 0 aliphatic carbocycles. The highest BCUT2D eigenvalue weighted by Gasteiger charge is 2.21. The first kappa shape index (κ1) is 13.3. The summed E-state index contributed by atoms with van der Waals surface area (Å²) >= 11 is 0. The first-order valence-electron chi connectivity index (χ1n) is 8.08. The second-order valence-corrected chi connectivity index (χ2v) is 6.01. The summed E-state index contributed by atoms with van der Waals surface area (Å²) in [5.74, 6) is 0. The number of benzene rings is 2. The Morgan fingerprint density at radius 1 is 0.909 bits per heavy atom. The Bertz CT molecular complexity index is 758. The maximum absolute atomic E-state index is 4.39. The quantitative estimate of drug-likeness (QED) is 0.658. The number of imidazole rings is 1. The topological polar surface area (TPSA) is 17.8 Å². The minimum absolute atomic E-state index is 0.399. The van der Waals surface area contributed by atoms with Gasteiger partial charge in [-0.2, -0.15) is 0 Å². The zero-order valence-electron chi connectivity index (χ0n) is 12.7. The van der Waals surface area contributed by atoms with Crippen molar-refractivity contribution in [3.05, 3.63) is 78.4 Å². The number of nitrogens with zero attached hydrogens (tertiary/aromatic N) is 2. The van der Waals surface area contributed by atoms with E-state index in [4.69, 9.17) is 0 Å². The van der Waals surface area contributed by atoms with Gasteiger partial charge >= 0.3 is 0 Å². The van der Waals surface area contributed by atoms with E-state index in [1.165, 1.54) is 41.6 Å². The maximum Gasteiger partial charge on any atom is 0.0953 e. The Hall–Kier alpha value is -2.35. The molecule has 1 aliphatic rings. The van der Waals surface area contributed by atoms with Crippen molar-refractivity contribution in [1.29, 1.82) is 0 Å². The molecule has 0 radical (unpaired) electrons. The van der Waals surface area contributed by atoms with E-state index in [1.54, 1.807) is 0 Å². The van der Waals surface area contributed by atoms with Gasteiger partial charge in [-0.05, 0) is 36.0 Å². The molecule has 1 aliphatic heterocycles. The minimum atomic E-state index is 0.399. The van der Waals surface area contributed by atoms with Gasteiger partial charge in [0.05, 0.1) is 12.4 Å². The fourth-order valence-corrected chi connectivity index (χ4v) is 3.56. The van der Waals surface area contributed by atoms with Crippen LogP contribution in [-0.4, -0.2) is 9.55 Å². The van der Waals surface area contributed by atoms with Crippen molar-refractivity contribution in [2.75, 3.05) is 0 Å². The lowest BCUT2D eigenvalue weighted by molar-refractivity contribution is 0.537. The van der Waals surface area contributed by atoms with Crippen LogP contribution in [0.3, 0.4) is 0 Å². The number of rotatable bonds is 2. The summed E-state index contributed by atoms with van der Waals surface area (Å²) < 4.78 is 2.38. The molecule has 0 bridgehead atoms. The zero-order valence-corrected chi connectivity index (χ0v) is 12.7. The summed E-state index contributed by atoms with van der Waals surface area (Å²) in [6, 6.07) is 19.9. The van der Waals surface area contributed by atoms with E-state index >= 15 is 0 Å². The summed E-state index contributed by atoms with van der Waals surface area (Å²) in [7, 11) is 0. The summed E-state index contributed by atoms with van der Waals surface area (Å²) in [4.78, 5) is 4.39. The third kappa shape index (κ3) is 2.35. The van der Waals surface area contributed by atoms with Crippen molar-refractivity contribution in [3.63, 3.8) is 0 Å². The van der Waals surface area contributed by atoms with Crippen LogP contribution in [0.5, 0.6) is 0 Å². The monoisotopic (exact) mass is 288 g/mol. The molecule has 1 aromatic heterocycles. The predicted octanol–water partition coefficient (Wildman–Crippen LogP) is 4.87. The molecule has 0 saturated carbocycles. The molecule has 0 spiro atoms. The highest BCUT2D eigenvalue weighted by atomic mass is 15.1. The van der Waals surface area contributed by atoms with Crippen LogP contribution in [-0.2, 0) is 6.42 Å². The molecule has 2 aromatic carbocycles. The van der Waals surface area contributed by atoms with E-state index < -0.39 is 0 Å². The van der Waals surface area contributed by atoms with Gasteiger partial charge in [0.15, 0.2) is 0 Å². The molecule has 2 nitrogen and oxygen atoms in total. The molecular formula is C20H20N2. The molecule has 1 atom stereocenters. The zero-order chi connectivity index (χ0) is 14.8. The van der Waals surface area contributed by atoms with Crippen molar-refractivity contribution in [1.82, 2.24) is 9.55 Å². The average Bonchev–Trinajstić information content (AvgIpc) is 2.95. The standard InChI is InChI=1S/C20H20N2/c1-2-8-16(9-3-1)18-11-5-6-12-19(18)20-13-7-4-10-17-14-21-15-22(17)20/h1-3,5-6,8-9,11-12,14-15,20H,4,7,10,13H2/t20-/m1/s1. The highest BCUT2D eigenvalue weighted by Crippen LogP contribution is 2.35. The molecule has 2 heterocycles. The molecule has 0 N–H and O–H groups in total. The van der Waals surface area contributed by atoms with Crippen LogP contribution >= 0.6 is 0 Å². The van der Waals surface area contributed by atoms with Gasteiger partial charge in [-0.15, -0.1) is 0 Å². The molecule has 0 fully saturated rings. The molecule has 4 rings (SSSR count). The van der Waals surface area contributed by atoms with Gasteiger partial charge in [0.1, 0.15) is 0 Å². The van der Waals surface area contributed by atoms with Gasteiger partial charge in [-0.25, -0.2) is 4.98 Å². The smallest absolute Gasteiger partial charge is 0.0953 e. The number of hydrogen-bond donors (Lipinski definition) is 0. The van der Waals surface area contributed by atoms with E-state index in [1.807, 2.05) is 12.5 Å². The Kier molecular flexibility index (Phi) is 3.51. The van der Waals surface area contributed by atoms with Crippen LogP contribution < -0.4 is 0 Å².